The quantitative estimate of drug-likeness (QED) is 0.915. The summed E-state index contributed by atoms with van der Waals surface area (Å²) in [5.41, 5.74) is 3.34. The number of nitrogens with zero attached hydrogens (tertiary/aromatic N) is 2. The van der Waals surface area contributed by atoms with Crippen LogP contribution in [0.25, 0.3) is 11.3 Å². The number of hydrogen-bond acceptors (Lipinski definition) is 3. The molecule has 2 aliphatic carbocycles. The van der Waals surface area contributed by atoms with Gasteiger partial charge in [0.2, 0.25) is 0 Å². The van der Waals surface area contributed by atoms with Crippen molar-refractivity contribution in [3.63, 3.8) is 0 Å². The molecule has 2 aliphatic rings. The Kier molecular flexibility index (Phi) is 4.79. The lowest BCUT2D eigenvalue weighted by Crippen LogP contribution is -1.99. The first-order valence-electron chi connectivity index (χ1n) is 7.98. The van der Waals surface area contributed by atoms with Crippen molar-refractivity contribution in [1.29, 1.82) is 0 Å². The third kappa shape index (κ3) is 3.56. The van der Waals surface area contributed by atoms with Gasteiger partial charge in [0.05, 0.1) is 13.3 Å². The zero-order chi connectivity index (χ0) is 16.9. The molecule has 0 bridgehead atoms. The molecule has 3 rings (SSSR count). The number of methoxy groups -OCH3 is 1. The minimum Gasteiger partial charge on any atom is -0.497 e. The van der Waals surface area contributed by atoms with Crippen molar-refractivity contribution in [1.82, 2.24) is 9.78 Å². The van der Waals surface area contributed by atoms with Crippen LogP contribution in [-0.2, 0) is 9.53 Å². The van der Waals surface area contributed by atoms with E-state index in [0.717, 1.165) is 35.4 Å². The van der Waals surface area contributed by atoms with E-state index in [2.05, 4.69) is 11.2 Å². The average Bonchev–Trinajstić information content (AvgIpc) is 2.80. The van der Waals surface area contributed by atoms with Crippen molar-refractivity contribution >= 4 is 17.2 Å². The first-order valence-corrected chi connectivity index (χ1v) is 7.98. The molecule has 1 heterocycles. The Bertz CT molecular complexity index is 791. The molecule has 1 N–H and O–H groups in total. The Morgan fingerprint density at radius 3 is 3.04 bits per heavy atom. The minimum absolute atomic E-state index is 0.454. The van der Waals surface area contributed by atoms with Crippen molar-refractivity contribution in [2.24, 2.45) is 0 Å². The van der Waals surface area contributed by atoms with E-state index in [1.165, 1.54) is 0 Å². The Morgan fingerprint density at radius 1 is 1.38 bits per heavy atom. The Balaban J connectivity index is 1.86. The zero-order valence-electron chi connectivity index (χ0n) is 13.6. The fourth-order valence-corrected chi connectivity index (χ4v) is 2.78. The molecule has 0 aliphatic heterocycles. The molecule has 0 saturated heterocycles. The summed E-state index contributed by atoms with van der Waals surface area (Å²) in [5, 5.41) is 13.7. The van der Waals surface area contributed by atoms with Crippen LogP contribution in [0.4, 0.5) is 0 Å². The van der Waals surface area contributed by atoms with Crippen LogP contribution in [0.3, 0.4) is 0 Å². The maximum atomic E-state index is 11.3. The second-order valence-electron chi connectivity index (χ2n) is 5.73. The Morgan fingerprint density at radius 2 is 2.25 bits per heavy atom. The lowest BCUT2D eigenvalue weighted by Gasteiger charge is -2.04. The van der Waals surface area contributed by atoms with Crippen LogP contribution in [0.5, 0.6) is 0 Å². The zero-order valence-corrected chi connectivity index (χ0v) is 13.6. The monoisotopic (exact) mass is 324 g/mol. The fourth-order valence-electron chi connectivity index (χ4n) is 2.78. The molecule has 5 heteroatoms. The highest BCUT2D eigenvalue weighted by Crippen LogP contribution is 2.26. The Labute approximate surface area is 140 Å². The molecule has 0 atom stereocenters. The molecule has 0 amide bonds. The molecule has 0 fully saturated rings. The van der Waals surface area contributed by atoms with E-state index >= 15 is 0 Å². The molecule has 0 radical (unpaired) electrons. The van der Waals surface area contributed by atoms with Crippen LogP contribution in [0.1, 0.15) is 31.2 Å². The first kappa shape index (κ1) is 16.1. The molecule has 5 nitrogen and oxygen atoms in total. The number of ether oxygens (including phenoxy) is 1. The van der Waals surface area contributed by atoms with E-state index in [1.54, 1.807) is 19.4 Å². The summed E-state index contributed by atoms with van der Waals surface area (Å²) < 4.78 is 7.07. The van der Waals surface area contributed by atoms with Gasteiger partial charge in [-0.05, 0) is 49.1 Å². The van der Waals surface area contributed by atoms with Gasteiger partial charge in [0.1, 0.15) is 5.76 Å². The maximum Gasteiger partial charge on any atom is 0.331 e. The fraction of sp³-hybridized carbons (Fsp3) is 0.263. The minimum atomic E-state index is -0.843. The van der Waals surface area contributed by atoms with E-state index in [0.29, 0.717) is 18.4 Å². The number of aliphatic carboxylic acids is 1. The lowest BCUT2D eigenvalue weighted by molar-refractivity contribution is -0.132. The highest BCUT2D eigenvalue weighted by Gasteiger charge is 2.13. The van der Waals surface area contributed by atoms with Gasteiger partial charge in [0.15, 0.2) is 0 Å². The number of aromatic nitrogens is 2. The molecular weight excluding hydrogens is 304 g/mol. The predicted molar refractivity (Wildman–Crippen MR) is 92.9 cm³/mol. The van der Waals surface area contributed by atoms with Crippen LogP contribution in [-0.4, -0.2) is 28.0 Å². The third-order valence-electron chi connectivity index (χ3n) is 4.13. The highest BCUT2D eigenvalue weighted by atomic mass is 16.5. The largest absolute Gasteiger partial charge is 0.497 e. The number of rotatable bonds is 4. The standard InChI is InChI=1S/C19H20N2O3/c1-24-18-8-4-7-17(9-10-18)21-13-16(12-20-21)14-5-2-3-6-15(11-14)19(22)23/h4-5,7-8,10-13H,2-3,6,9H2,1H3,(H,22,23). The molecule has 0 unspecified atom stereocenters. The summed E-state index contributed by atoms with van der Waals surface area (Å²) in [7, 11) is 1.65. The van der Waals surface area contributed by atoms with Gasteiger partial charge in [0.25, 0.3) is 0 Å². The molecule has 0 spiro atoms. The summed E-state index contributed by atoms with van der Waals surface area (Å²) in [5.74, 6) is -0.0156. The van der Waals surface area contributed by atoms with Crippen LogP contribution < -0.4 is 0 Å². The van der Waals surface area contributed by atoms with Crippen molar-refractivity contribution < 1.29 is 14.6 Å². The molecule has 0 aromatic carbocycles. The van der Waals surface area contributed by atoms with Crippen molar-refractivity contribution in [2.45, 2.75) is 25.7 Å². The summed E-state index contributed by atoms with van der Waals surface area (Å²) >= 11 is 0. The number of allylic oxidation sites excluding steroid dienone is 8. The molecule has 1 aromatic rings. The van der Waals surface area contributed by atoms with Gasteiger partial charge in [-0.25, -0.2) is 9.48 Å². The number of carbonyl (C=O) groups is 1. The highest BCUT2D eigenvalue weighted by molar-refractivity contribution is 5.91. The van der Waals surface area contributed by atoms with Gasteiger partial charge in [-0.3, -0.25) is 0 Å². The van der Waals surface area contributed by atoms with E-state index in [-0.39, 0.29) is 0 Å². The van der Waals surface area contributed by atoms with Crippen LogP contribution in [0, 0.1) is 0 Å². The van der Waals surface area contributed by atoms with Crippen molar-refractivity contribution in [3.8, 4) is 0 Å². The molecule has 1 aromatic heterocycles. The van der Waals surface area contributed by atoms with E-state index in [1.807, 2.05) is 35.2 Å². The average molecular weight is 324 g/mol. The van der Waals surface area contributed by atoms with Crippen molar-refractivity contribution in [2.75, 3.05) is 7.11 Å². The number of carboxylic acid groups (broad SMARTS) is 1. The summed E-state index contributed by atoms with van der Waals surface area (Å²) in [6.07, 6.45) is 18.5. The van der Waals surface area contributed by atoms with E-state index < -0.39 is 5.97 Å². The van der Waals surface area contributed by atoms with Gasteiger partial charge in [-0.15, -0.1) is 0 Å². The first-order chi connectivity index (χ1) is 11.7. The number of carboxylic acids is 1. The van der Waals surface area contributed by atoms with Crippen molar-refractivity contribution in [3.05, 3.63) is 65.7 Å². The smallest absolute Gasteiger partial charge is 0.331 e. The van der Waals surface area contributed by atoms with Gasteiger partial charge in [-0.1, -0.05) is 12.2 Å². The van der Waals surface area contributed by atoms with Gasteiger partial charge >= 0.3 is 5.97 Å². The number of hydrogen-bond donors (Lipinski definition) is 1. The van der Waals surface area contributed by atoms with Gasteiger partial charge in [-0.2, -0.15) is 5.10 Å². The third-order valence-corrected chi connectivity index (χ3v) is 4.13. The normalized spacial score (nSPS) is 17.9. The summed E-state index contributed by atoms with van der Waals surface area (Å²) in [6, 6.07) is 0. The topological polar surface area (TPSA) is 64.3 Å². The second kappa shape index (κ2) is 7.17. The van der Waals surface area contributed by atoms with Gasteiger partial charge in [0, 0.05) is 29.5 Å². The SMILES string of the molecule is COC1=CCC(n2cc(C3=CCCCC(C(=O)O)=C3)cn2)=CC=C1. The maximum absolute atomic E-state index is 11.3. The summed E-state index contributed by atoms with van der Waals surface area (Å²) in [6.45, 7) is 0. The van der Waals surface area contributed by atoms with Gasteiger partial charge < -0.3 is 9.84 Å². The predicted octanol–water partition coefficient (Wildman–Crippen LogP) is 3.79. The molecular formula is C19H20N2O3. The van der Waals surface area contributed by atoms with Crippen LogP contribution in [0.2, 0.25) is 0 Å². The van der Waals surface area contributed by atoms with E-state index in [9.17, 15) is 9.90 Å². The second-order valence-corrected chi connectivity index (χ2v) is 5.73. The molecule has 124 valence electrons. The van der Waals surface area contributed by atoms with Crippen LogP contribution in [0.15, 0.2) is 60.2 Å². The van der Waals surface area contributed by atoms with Crippen LogP contribution >= 0.6 is 0 Å². The lowest BCUT2D eigenvalue weighted by atomic mass is 10.1. The summed E-state index contributed by atoms with van der Waals surface area (Å²) in [4.78, 5) is 11.3. The molecule has 0 saturated carbocycles. The van der Waals surface area contributed by atoms with E-state index in [4.69, 9.17) is 4.74 Å². The Hall–Kier alpha value is -2.82. The molecule has 24 heavy (non-hydrogen) atoms.